The van der Waals surface area contributed by atoms with Crippen molar-refractivity contribution in [2.24, 2.45) is 0 Å². The Kier molecular flexibility index (Phi) is 5.68. The van der Waals surface area contributed by atoms with E-state index >= 15 is 0 Å². The van der Waals surface area contributed by atoms with Crippen LogP contribution in [-0.4, -0.2) is 45.3 Å². The van der Waals surface area contributed by atoms with E-state index in [1.54, 1.807) is 0 Å². The molecule has 0 unspecified atom stereocenters. The molecule has 1 amide bonds. The van der Waals surface area contributed by atoms with Crippen LogP contribution in [0.3, 0.4) is 0 Å². The first-order valence-electron chi connectivity index (χ1n) is 7.33. The molecule has 1 aromatic carbocycles. The number of benzene rings is 1. The first-order chi connectivity index (χ1) is 11.3. The molecule has 0 aliphatic heterocycles. The van der Waals surface area contributed by atoms with Gasteiger partial charge in [-0.3, -0.25) is 14.4 Å². The van der Waals surface area contributed by atoms with Crippen molar-refractivity contribution in [3.8, 4) is 0 Å². The highest BCUT2D eigenvalue weighted by Crippen LogP contribution is 2.18. The zero-order valence-electron chi connectivity index (χ0n) is 13.1. The number of carbonyl (C=O) groups is 3. The van der Waals surface area contributed by atoms with Crippen LogP contribution in [0, 0.1) is 0 Å². The Hall–Kier alpha value is -2.26. The first-order valence-corrected chi connectivity index (χ1v) is 8.82. The maximum absolute atomic E-state index is 12.0. The molecule has 0 atom stereocenters. The molecule has 1 aliphatic rings. The van der Waals surface area contributed by atoms with E-state index in [9.17, 15) is 22.8 Å². The van der Waals surface area contributed by atoms with E-state index in [0.29, 0.717) is 5.56 Å². The van der Waals surface area contributed by atoms with Gasteiger partial charge >= 0.3 is 5.97 Å². The van der Waals surface area contributed by atoms with Crippen molar-refractivity contribution in [3.05, 3.63) is 29.8 Å². The van der Waals surface area contributed by atoms with Crippen LogP contribution in [0.5, 0.6) is 0 Å². The lowest BCUT2D eigenvalue weighted by atomic mass is 10.2. The van der Waals surface area contributed by atoms with Gasteiger partial charge in [0.25, 0.3) is 5.91 Å². The van der Waals surface area contributed by atoms with Gasteiger partial charge in [0.2, 0.25) is 10.0 Å². The van der Waals surface area contributed by atoms with E-state index < -0.39 is 35.1 Å². The van der Waals surface area contributed by atoms with Gasteiger partial charge in [-0.25, -0.2) is 8.42 Å². The van der Waals surface area contributed by atoms with Crippen molar-refractivity contribution < 1.29 is 27.5 Å². The van der Waals surface area contributed by atoms with E-state index in [1.807, 2.05) is 0 Å². The fourth-order valence-electron chi connectivity index (χ4n) is 1.80. The van der Waals surface area contributed by atoms with Crippen LogP contribution in [0.15, 0.2) is 29.2 Å². The molecule has 130 valence electrons. The van der Waals surface area contributed by atoms with Crippen molar-refractivity contribution >= 4 is 27.7 Å². The number of rotatable bonds is 8. The summed E-state index contributed by atoms with van der Waals surface area (Å²) in [6.07, 6.45) is 1.84. The Morgan fingerprint density at radius 1 is 1.17 bits per heavy atom. The Bertz CT molecular complexity index is 738. The number of ether oxygens (including phenoxy) is 1. The third-order valence-electron chi connectivity index (χ3n) is 3.28. The normalized spacial score (nSPS) is 14.0. The van der Waals surface area contributed by atoms with Crippen LogP contribution in [-0.2, 0) is 24.3 Å². The molecule has 1 aliphatic carbocycles. The molecule has 2 rings (SSSR count). The number of esters is 1. The average molecular weight is 354 g/mol. The predicted octanol–water partition coefficient (Wildman–Crippen LogP) is -0.0107. The number of amides is 1. The minimum absolute atomic E-state index is 0.0771. The van der Waals surface area contributed by atoms with Crippen molar-refractivity contribution in [1.82, 2.24) is 10.0 Å². The van der Waals surface area contributed by atoms with Crippen molar-refractivity contribution in [1.29, 1.82) is 0 Å². The van der Waals surface area contributed by atoms with Gasteiger partial charge in [0, 0.05) is 11.6 Å². The summed E-state index contributed by atoms with van der Waals surface area (Å²) < 4.78 is 30.8. The average Bonchev–Trinajstić information content (AvgIpc) is 3.35. The van der Waals surface area contributed by atoms with Crippen molar-refractivity contribution in [3.63, 3.8) is 0 Å². The molecule has 0 heterocycles. The van der Waals surface area contributed by atoms with Crippen LogP contribution in [0.2, 0.25) is 0 Å². The summed E-state index contributed by atoms with van der Waals surface area (Å²) in [5, 5.41) is 2.64. The SMILES string of the molecule is CC(=O)c1ccc(S(=O)(=O)NCC(=O)OCC(=O)NC2CC2)cc1. The highest BCUT2D eigenvalue weighted by Gasteiger charge is 2.23. The fraction of sp³-hybridized carbons (Fsp3) is 0.400. The zero-order chi connectivity index (χ0) is 17.7. The Morgan fingerprint density at radius 3 is 2.33 bits per heavy atom. The molecule has 0 radical (unpaired) electrons. The summed E-state index contributed by atoms with van der Waals surface area (Å²) >= 11 is 0. The molecular formula is C15H18N2O6S. The third kappa shape index (κ3) is 5.43. The first kappa shape index (κ1) is 18.1. The summed E-state index contributed by atoms with van der Waals surface area (Å²) in [6.45, 7) is 0.342. The molecule has 0 spiro atoms. The quantitative estimate of drug-likeness (QED) is 0.501. The van der Waals surface area contributed by atoms with Crippen molar-refractivity contribution in [2.75, 3.05) is 13.2 Å². The van der Waals surface area contributed by atoms with E-state index in [-0.39, 0.29) is 16.7 Å². The lowest BCUT2D eigenvalue weighted by Crippen LogP contribution is -2.34. The molecule has 1 fully saturated rings. The highest BCUT2D eigenvalue weighted by atomic mass is 32.2. The van der Waals surface area contributed by atoms with Crippen LogP contribution < -0.4 is 10.0 Å². The summed E-state index contributed by atoms with van der Waals surface area (Å²) in [6, 6.07) is 5.48. The van der Waals surface area contributed by atoms with Crippen LogP contribution in [0.1, 0.15) is 30.1 Å². The molecule has 0 saturated heterocycles. The van der Waals surface area contributed by atoms with Gasteiger partial charge < -0.3 is 10.1 Å². The Labute approximate surface area is 139 Å². The van der Waals surface area contributed by atoms with Gasteiger partial charge in [-0.1, -0.05) is 12.1 Å². The number of ketones is 1. The second kappa shape index (κ2) is 7.54. The van der Waals surface area contributed by atoms with E-state index in [1.165, 1.54) is 31.2 Å². The third-order valence-corrected chi connectivity index (χ3v) is 4.70. The van der Waals surface area contributed by atoms with Gasteiger partial charge in [-0.05, 0) is 31.9 Å². The smallest absolute Gasteiger partial charge is 0.321 e. The van der Waals surface area contributed by atoms with E-state index in [2.05, 4.69) is 10.0 Å². The molecule has 9 heteroatoms. The van der Waals surface area contributed by atoms with Crippen LogP contribution >= 0.6 is 0 Å². The monoisotopic (exact) mass is 354 g/mol. The standard InChI is InChI=1S/C15H18N2O6S/c1-10(18)11-2-6-13(7-3-11)24(21,22)16-8-15(20)23-9-14(19)17-12-4-5-12/h2-3,6-7,12,16H,4-5,8-9H2,1H3,(H,17,19). The summed E-state index contributed by atoms with van der Waals surface area (Å²) in [4.78, 5) is 33.9. The Balaban J connectivity index is 1.81. The fourth-order valence-corrected chi connectivity index (χ4v) is 2.77. The minimum atomic E-state index is -3.91. The zero-order valence-corrected chi connectivity index (χ0v) is 13.9. The second-order valence-electron chi connectivity index (χ2n) is 5.41. The largest absolute Gasteiger partial charge is 0.455 e. The maximum atomic E-state index is 12.0. The lowest BCUT2D eigenvalue weighted by Gasteiger charge is -2.08. The number of carbonyl (C=O) groups excluding carboxylic acids is 3. The predicted molar refractivity (Wildman–Crippen MR) is 83.8 cm³/mol. The Morgan fingerprint density at radius 2 is 1.79 bits per heavy atom. The molecule has 8 nitrogen and oxygen atoms in total. The summed E-state index contributed by atoms with van der Waals surface area (Å²) in [5.74, 6) is -1.45. The van der Waals surface area contributed by atoms with Crippen molar-refractivity contribution in [2.45, 2.75) is 30.7 Å². The van der Waals surface area contributed by atoms with Gasteiger partial charge in [-0.2, -0.15) is 4.72 Å². The highest BCUT2D eigenvalue weighted by molar-refractivity contribution is 7.89. The lowest BCUT2D eigenvalue weighted by molar-refractivity contribution is -0.147. The van der Waals surface area contributed by atoms with Gasteiger partial charge in [0.1, 0.15) is 6.54 Å². The van der Waals surface area contributed by atoms with Gasteiger partial charge in [0.05, 0.1) is 4.90 Å². The van der Waals surface area contributed by atoms with Crippen LogP contribution in [0.4, 0.5) is 0 Å². The molecule has 2 N–H and O–H groups in total. The van der Waals surface area contributed by atoms with Gasteiger partial charge in [-0.15, -0.1) is 0 Å². The number of sulfonamides is 1. The minimum Gasteiger partial charge on any atom is -0.455 e. The molecule has 0 bridgehead atoms. The van der Waals surface area contributed by atoms with E-state index in [0.717, 1.165) is 12.8 Å². The second-order valence-corrected chi connectivity index (χ2v) is 7.17. The molecule has 1 aromatic rings. The number of nitrogens with one attached hydrogen (secondary N) is 2. The molecule has 0 aromatic heterocycles. The van der Waals surface area contributed by atoms with Crippen LogP contribution in [0.25, 0.3) is 0 Å². The van der Waals surface area contributed by atoms with Gasteiger partial charge in [0.15, 0.2) is 12.4 Å². The number of hydrogen-bond donors (Lipinski definition) is 2. The maximum Gasteiger partial charge on any atom is 0.321 e. The number of Topliss-reactive ketones (excluding diaryl/α,β-unsaturated/α-hetero) is 1. The summed E-state index contributed by atoms with van der Waals surface area (Å²) in [5.41, 5.74) is 0.384. The number of hydrogen-bond acceptors (Lipinski definition) is 6. The molecular weight excluding hydrogens is 336 g/mol. The van der Waals surface area contributed by atoms with E-state index in [4.69, 9.17) is 4.74 Å². The summed E-state index contributed by atoms with van der Waals surface area (Å²) in [7, 11) is -3.91. The topological polar surface area (TPSA) is 119 Å². The molecule has 24 heavy (non-hydrogen) atoms. The molecule has 1 saturated carbocycles.